The predicted octanol–water partition coefficient (Wildman–Crippen LogP) is 5.73. The highest BCUT2D eigenvalue weighted by Crippen LogP contribution is 2.36. The van der Waals surface area contributed by atoms with Crippen LogP contribution in [0, 0.1) is 17.7 Å². The Morgan fingerprint density at radius 1 is 1.16 bits per heavy atom. The Hall–Kier alpha value is -1.40. The van der Waals surface area contributed by atoms with Gasteiger partial charge in [0.1, 0.15) is 17.7 Å². The predicted molar refractivity (Wildman–Crippen MR) is 126 cm³/mol. The third-order valence-electron chi connectivity index (χ3n) is 6.61. The van der Waals surface area contributed by atoms with Crippen LogP contribution in [0.15, 0.2) is 12.1 Å². The summed E-state index contributed by atoms with van der Waals surface area (Å²) >= 11 is 0. The number of hydrogen-bond acceptors (Lipinski definition) is 4. The smallest absolute Gasteiger partial charge is 0.293 e. The second-order valence-electron chi connectivity index (χ2n) is 9.96. The van der Waals surface area contributed by atoms with Crippen LogP contribution in [-0.4, -0.2) is 32.4 Å². The zero-order valence-electron chi connectivity index (χ0n) is 20.0. The molecule has 176 valence electrons. The first-order valence-electron chi connectivity index (χ1n) is 12.0. The molecule has 2 unspecified atom stereocenters. The molecule has 0 heterocycles. The van der Waals surface area contributed by atoms with Crippen LogP contribution in [0.4, 0.5) is 4.39 Å². The maximum absolute atomic E-state index is 15.6. The van der Waals surface area contributed by atoms with Gasteiger partial charge in [0.25, 0.3) is 6.47 Å². The highest BCUT2D eigenvalue weighted by molar-refractivity contribution is 6.89. The topological polar surface area (TPSA) is 55.8 Å². The Morgan fingerprint density at radius 3 is 2.39 bits per heavy atom. The van der Waals surface area contributed by atoms with Gasteiger partial charge in [-0.2, -0.15) is 0 Å². The zero-order valence-corrected chi connectivity index (χ0v) is 21.0. The summed E-state index contributed by atoms with van der Waals surface area (Å²) in [6.07, 6.45) is 6.70. The summed E-state index contributed by atoms with van der Waals surface area (Å²) in [6.45, 7) is 11.2. The molecule has 0 amide bonds. The van der Waals surface area contributed by atoms with E-state index in [-0.39, 0.29) is 11.7 Å². The number of ether oxygens (including phenoxy) is 2. The molecule has 1 aliphatic carbocycles. The molecule has 1 fully saturated rings. The van der Waals surface area contributed by atoms with E-state index >= 15 is 4.39 Å². The molecule has 2 atom stereocenters. The summed E-state index contributed by atoms with van der Waals surface area (Å²) in [5.41, 5.74) is 0.381. The van der Waals surface area contributed by atoms with Crippen LogP contribution in [0.3, 0.4) is 0 Å². The minimum atomic E-state index is -2.04. The number of aliphatic hydroxyl groups is 1. The molecular weight excluding hydrogens is 411 g/mol. The lowest BCUT2D eigenvalue weighted by atomic mass is 9.77. The Bertz CT molecular complexity index is 695. The normalized spacial score (nSPS) is 21.4. The molecule has 1 aromatic carbocycles. The second kappa shape index (κ2) is 12.0. The van der Waals surface area contributed by atoms with Gasteiger partial charge in [-0.3, -0.25) is 4.79 Å². The van der Waals surface area contributed by atoms with Gasteiger partial charge in [-0.05, 0) is 56.6 Å². The summed E-state index contributed by atoms with van der Waals surface area (Å²) < 4.78 is 26.6. The van der Waals surface area contributed by atoms with Crippen molar-refractivity contribution in [3.8, 4) is 5.75 Å². The van der Waals surface area contributed by atoms with Crippen molar-refractivity contribution in [1.82, 2.24) is 0 Å². The number of aliphatic hydroxyl groups excluding tert-OH is 1. The third-order valence-corrected chi connectivity index (χ3v) is 8.57. The maximum Gasteiger partial charge on any atom is 0.293 e. The number of hydrogen-bond donors (Lipinski definition) is 1. The SMILES string of the molecule is CCCC1CCC(C(O)CCC(OC=O)c2ccc(OCC)c([Si](C)(C)C)c2F)CC1. The molecule has 6 heteroatoms. The molecule has 31 heavy (non-hydrogen) atoms. The van der Waals surface area contributed by atoms with E-state index in [9.17, 15) is 9.90 Å². The van der Waals surface area contributed by atoms with Gasteiger partial charge in [-0.25, -0.2) is 4.39 Å². The maximum atomic E-state index is 15.6. The van der Waals surface area contributed by atoms with Gasteiger partial charge in [0.2, 0.25) is 0 Å². The van der Waals surface area contributed by atoms with Crippen molar-refractivity contribution in [3.05, 3.63) is 23.5 Å². The molecule has 1 saturated carbocycles. The summed E-state index contributed by atoms with van der Waals surface area (Å²) in [6, 6.07) is 3.46. The number of carbonyl (C=O) groups excluding carboxylic acids is 1. The van der Waals surface area contributed by atoms with Gasteiger partial charge >= 0.3 is 0 Å². The van der Waals surface area contributed by atoms with E-state index in [1.165, 1.54) is 25.7 Å². The first kappa shape index (κ1) is 25.9. The van der Waals surface area contributed by atoms with E-state index in [1.54, 1.807) is 12.1 Å². The van der Waals surface area contributed by atoms with Crippen LogP contribution in [-0.2, 0) is 9.53 Å². The molecule has 0 saturated heterocycles. The molecule has 1 aromatic rings. The van der Waals surface area contributed by atoms with Gasteiger partial charge in [-0.15, -0.1) is 0 Å². The molecule has 1 N–H and O–H groups in total. The highest BCUT2D eigenvalue weighted by Gasteiger charge is 2.31. The lowest BCUT2D eigenvalue weighted by molar-refractivity contribution is -0.134. The van der Waals surface area contributed by atoms with Crippen molar-refractivity contribution in [3.63, 3.8) is 0 Å². The van der Waals surface area contributed by atoms with Crippen LogP contribution in [0.2, 0.25) is 19.6 Å². The Balaban J connectivity index is 2.12. The number of rotatable bonds is 12. The standard InChI is InChI=1S/C25H41FO4Si/c1-6-8-18-9-11-19(12-10-18)21(28)14-16-22(30-17-27)20-13-15-23(29-7-2)25(24(20)26)31(3,4)5/h13,15,17-19,21-22,28H,6-12,14,16H2,1-5H3. The lowest BCUT2D eigenvalue weighted by Gasteiger charge is -2.32. The van der Waals surface area contributed by atoms with Crippen molar-refractivity contribution < 1.29 is 23.8 Å². The van der Waals surface area contributed by atoms with Crippen LogP contribution >= 0.6 is 0 Å². The fraction of sp³-hybridized carbons (Fsp3) is 0.720. The molecule has 0 radical (unpaired) electrons. The van der Waals surface area contributed by atoms with Gasteiger partial charge < -0.3 is 14.6 Å². The molecule has 0 bridgehead atoms. The molecule has 4 nitrogen and oxygen atoms in total. The second-order valence-corrected chi connectivity index (χ2v) is 15.0. The molecule has 0 aromatic heterocycles. The van der Waals surface area contributed by atoms with Gasteiger partial charge in [-0.1, -0.05) is 52.2 Å². The van der Waals surface area contributed by atoms with Crippen molar-refractivity contribution in [2.75, 3.05) is 6.61 Å². The minimum absolute atomic E-state index is 0.285. The van der Waals surface area contributed by atoms with Crippen molar-refractivity contribution in [1.29, 1.82) is 0 Å². The van der Waals surface area contributed by atoms with E-state index < -0.39 is 20.3 Å². The van der Waals surface area contributed by atoms with E-state index in [4.69, 9.17) is 9.47 Å². The van der Waals surface area contributed by atoms with Crippen LogP contribution < -0.4 is 9.92 Å². The van der Waals surface area contributed by atoms with Gasteiger partial charge in [0.05, 0.1) is 20.8 Å². The monoisotopic (exact) mass is 452 g/mol. The third kappa shape index (κ3) is 7.04. The number of halogens is 1. The molecule has 1 aliphatic rings. The minimum Gasteiger partial charge on any atom is -0.494 e. The first-order chi connectivity index (χ1) is 14.7. The van der Waals surface area contributed by atoms with Crippen molar-refractivity contribution >= 4 is 19.7 Å². The highest BCUT2D eigenvalue weighted by atomic mass is 28.3. The average Bonchev–Trinajstić information content (AvgIpc) is 2.71. The molecule has 0 spiro atoms. The van der Waals surface area contributed by atoms with Crippen molar-refractivity contribution in [2.24, 2.45) is 11.8 Å². The average molecular weight is 453 g/mol. The quantitative estimate of drug-likeness (QED) is 0.325. The van der Waals surface area contributed by atoms with Crippen LogP contribution in [0.5, 0.6) is 5.75 Å². The summed E-state index contributed by atoms with van der Waals surface area (Å²) in [5.74, 6) is 1.33. The Kier molecular flexibility index (Phi) is 10.0. The largest absolute Gasteiger partial charge is 0.494 e. The van der Waals surface area contributed by atoms with Crippen molar-refractivity contribution in [2.45, 2.75) is 97.1 Å². The lowest BCUT2D eigenvalue weighted by Crippen LogP contribution is -2.42. The van der Waals surface area contributed by atoms with Crippen LogP contribution in [0.1, 0.15) is 76.9 Å². The number of benzene rings is 1. The van der Waals surface area contributed by atoms with Crippen LogP contribution in [0.25, 0.3) is 0 Å². The molecule has 0 aliphatic heterocycles. The summed E-state index contributed by atoms with van der Waals surface area (Å²) in [7, 11) is -2.04. The summed E-state index contributed by atoms with van der Waals surface area (Å²) in [5, 5.41) is 11.4. The Morgan fingerprint density at radius 2 is 1.84 bits per heavy atom. The zero-order chi connectivity index (χ0) is 23.0. The van der Waals surface area contributed by atoms with E-state index in [0.717, 1.165) is 18.8 Å². The summed E-state index contributed by atoms with van der Waals surface area (Å²) in [4.78, 5) is 11.2. The molecule has 2 rings (SSSR count). The fourth-order valence-electron chi connectivity index (χ4n) is 4.99. The van der Waals surface area contributed by atoms with E-state index in [2.05, 4.69) is 26.6 Å². The fourth-order valence-corrected chi connectivity index (χ4v) is 6.69. The van der Waals surface area contributed by atoms with Gasteiger partial charge in [0, 0.05) is 10.8 Å². The number of carbonyl (C=O) groups is 1. The van der Waals surface area contributed by atoms with Gasteiger partial charge in [0.15, 0.2) is 0 Å². The molecular formula is C25H41FO4Si. The van der Waals surface area contributed by atoms with E-state index in [0.29, 0.717) is 42.4 Å². The van der Waals surface area contributed by atoms with E-state index in [1.807, 2.05) is 6.92 Å². The Labute approximate surface area is 188 Å². The first-order valence-corrected chi connectivity index (χ1v) is 15.5.